The largest absolute Gasteiger partial charge is 0.299 e. The number of alkyl halides is 1. The van der Waals surface area contributed by atoms with Crippen molar-refractivity contribution in [2.45, 2.75) is 43.4 Å². The molecule has 0 spiro atoms. The van der Waals surface area contributed by atoms with Gasteiger partial charge in [0, 0.05) is 16.7 Å². The van der Waals surface area contributed by atoms with Crippen LogP contribution >= 0.6 is 15.9 Å². The fraction of sp³-hybridized carbons (Fsp3) is 0.900. The van der Waals surface area contributed by atoms with E-state index < -0.39 is 0 Å². The van der Waals surface area contributed by atoms with Gasteiger partial charge in [-0.15, -0.1) is 0 Å². The number of hydrogen-bond donors (Lipinski definition) is 0. The average molecular weight is 231 g/mol. The first-order valence-electron chi connectivity index (χ1n) is 4.83. The number of rotatable bonds is 0. The average Bonchev–Trinajstić information content (AvgIpc) is 2.01. The lowest BCUT2D eigenvalue weighted by Crippen LogP contribution is -2.45. The molecule has 2 fully saturated rings. The van der Waals surface area contributed by atoms with Crippen LogP contribution in [0.4, 0.5) is 0 Å². The lowest BCUT2D eigenvalue weighted by molar-refractivity contribution is -0.127. The van der Waals surface area contributed by atoms with Crippen LogP contribution in [0.15, 0.2) is 0 Å². The topological polar surface area (TPSA) is 17.1 Å². The highest BCUT2D eigenvalue weighted by atomic mass is 79.9. The van der Waals surface area contributed by atoms with Crippen molar-refractivity contribution in [1.82, 2.24) is 0 Å². The second kappa shape index (κ2) is 2.83. The molecular formula is C10H15BrO. The van der Waals surface area contributed by atoms with Gasteiger partial charge >= 0.3 is 0 Å². The van der Waals surface area contributed by atoms with Gasteiger partial charge in [0.25, 0.3) is 0 Å². The molecule has 0 saturated heterocycles. The van der Waals surface area contributed by atoms with Gasteiger partial charge in [0.1, 0.15) is 5.78 Å². The molecule has 1 nitrogen and oxygen atoms in total. The number of ketones is 1. The maximum atomic E-state index is 11.6. The van der Waals surface area contributed by atoms with Gasteiger partial charge in [-0.05, 0) is 25.2 Å². The van der Waals surface area contributed by atoms with E-state index in [1.807, 2.05) is 0 Å². The Morgan fingerprint density at radius 3 is 3.08 bits per heavy atom. The molecule has 2 heteroatoms. The standard InChI is InChI=1S/C10H15BrO/c1-7-9(12)5-8-3-2-4-10(7,11)6-8/h7-8H,2-6H2,1H3/t7-,8+,10-/m0/s1. The van der Waals surface area contributed by atoms with Gasteiger partial charge in [0.05, 0.1) is 0 Å². The van der Waals surface area contributed by atoms with E-state index >= 15 is 0 Å². The number of Topliss-reactive ketones (excluding diaryl/α,β-unsaturated/α-hetero) is 1. The first-order chi connectivity index (χ1) is 5.62. The van der Waals surface area contributed by atoms with E-state index in [4.69, 9.17) is 0 Å². The number of carbonyl (C=O) groups is 1. The quantitative estimate of drug-likeness (QED) is 0.586. The number of fused-ring (bicyclic) bond motifs is 2. The van der Waals surface area contributed by atoms with Crippen LogP contribution in [0.5, 0.6) is 0 Å². The summed E-state index contributed by atoms with van der Waals surface area (Å²) in [5.41, 5.74) is 0. The molecule has 2 aliphatic carbocycles. The van der Waals surface area contributed by atoms with E-state index in [1.54, 1.807) is 0 Å². The molecule has 0 amide bonds. The maximum absolute atomic E-state index is 11.6. The van der Waals surface area contributed by atoms with Crippen LogP contribution < -0.4 is 0 Å². The van der Waals surface area contributed by atoms with Crippen LogP contribution in [0.3, 0.4) is 0 Å². The molecule has 2 rings (SSSR count). The fourth-order valence-corrected chi connectivity index (χ4v) is 3.68. The Kier molecular flexibility index (Phi) is 2.06. The molecule has 0 radical (unpaired) electrons. The maximum Gasteiger partial charge on any atom is 0.137 e. The summed E-state index contributed by atoms with van der Waals surface area (Å²) in [7, 11) is 0. The van der Waals surface area contributed by atoms with E-state index in [0.29, 0.717) is 11.7 Å². The van der Waals surface area contributed by atoms with Crippen LogP contribution in [0.2, 0.25) is 0 Å². The third kappa shape index (κ3) is 1.24. The Morgan fingerprint density at radius 2 is 2.33 bits per heavy atom. The van der Waals surface area contributed by atoms with E-state index in [2.05, 4.69) is 22.9 Å². The van der Waals surface area contributed by atoms with Crippen LogP contribution in [0.25, 0.3) is 0 Å². The van der Waals surface area contributed by atoms with E-state index in [-0.39, 0.29) is 10.2 Å². The third-order valence-electron chi connectivity index (χ3n) is 3.58. The predicted octanol–water partition coefficient (Wildman–Crippen LogP) is 2.92. The second-order valence-corrected chi connectivity index (χ2v) is 5.97. The molecular weight excluding hydrogens is 216 g/mol. The van der Waals surface area contributed by atoms with Gasteiger partial charge < -0.3 is 0 Å². The minimum atomic E-state index is 0.172. The lowest BCUT2D eigenvalue weighted by atomic mass is 9.67. The van der Waals surface area contributed by atoms with Crippen molar-refractivity contribution < 1.29 is 4.79 Å². The zero-order valence-corrected chi connectivity index (χ0v) is 9.06. The molecule has 3 atom stereocenters. The Balaban J connectivity index is 2.23. The fourth-order valence-electron chi connectivity index (χ4n) is 2.69. The van der Waals surface area contributed by atoms with E-state index in [1.165, 1.54) is 25.7 Å². The summed E-state index contributed by atoms with van der Waals surface area (Å²) in [6.45, 7) is 2.08. The lowest BCUT2D eigenvalue weighted by Gasteiger charge is -2.44. The smallest absolute Gasteiger partial charge is 0.137 e. The SMILES string of the molecule is C[C@H]1C(=O)C[C@H]2CCC[C@]1(Br)C2. The van der Waals surface area contributed by atoms with E-state index in [0.717, 1.165) is 6.42 Å². The van der Waals surface area contributed by atoms with Gasteiger partial charge in [0.2, 0.25) is 0 Å². The summed E-state index contributed by atoms with van der Waals surface area (Å²) in [5.74, 6) is 1.40. The summed E-state index contributed by atoms with van der Waals surface area (Å²) in [6.07, 6.45) is 5.82. The Hall–Kier alpha value is 0.150. The highest BCUT2D eigenvalue weighted by Gasteiger charge is 2.46. The molecule has 0 aromatic heterocycles. The van der Waals surface area contributed by atoms with Crippen molar-refractivity contribution in [3.05, 3.63) is 0 Å². The van der Waals surface area contributed by atoms with Crippen LogP contribution in [0, 0.1) is 11.8 Å². The minimum absolute atomic E-state index is 0.172. The zero-order chi connectivity index (χ0) is 8.77. The van der Waals surface area contributed by atoms with Gasteiger partial charge in [-0.2, -0.15) is 0 Å². The molecule has 12 heavy (non-hydrogen) atoms. The summed E-state index contributed by atoms with van der Waals surface area (Å²) in [4.78, 5) is 11.6. The van der Waals surface area contributed by atoms with Crippen molar-refractivity contribution >= 4 is 21.7 Å². The molecule has 0 heterocycles. The molecule has 0 unspecified atom stereocenters. The molecule has 0 aromatic rings. The summed E-state index contributed by atoms with van der Waals surface area (Å²) in [5, 5.41) is 0. The minimum Gasteiger partial charge on any atom is -0.299 e. The van der Waals surface area contributed by atoms with Crippen molar-refractivity contribution in [2.75, 3.05) is 0 Å². The Morgan fingerprint density at radius 1 is 1.58 bits per heavy atom. The number of halogens is 1. The normalized spacial score (nSPS) is 47.7. The Bertz CT molecular complexity index is 214. The molecule has 0 aliphatic heterocycles. The zero-order valence-electron chi connectivity index (χ0n) is 7.48. The van der Waals surface area contributed by atoms with Crippen molar-refractivity contribution in [2.24, 2.45) is 11.8 Å². The molecule has 2 aliphatic rings. The summed E-state index contributed by atoms with van der Waals surface area (Å²) in [6, 6.07) is 0. The third-order valence-corrected chi connectivity index (χ3v) is 4.99. The van der Waals surface area contributed by atoms with Gasteiger partial charge in [0.15, 0.2) is 0 Å². The number of hydrogen-bond acceptors (Lipinski definition) is 1. The molecule has 0 aromatic carbocycles. The Labute approximate surface area is 82.0 Å². The molecule has 0 N–H and O–H groups in total. The van der Waals surface area contributed by atoms with Crippen LogP contribution in [0.1, 0.15) is 39.0 Å². The van der Waals surface area contributed by atoms with Crippen LogP contribution in [-0.2, 0) is 4.79 Å². The van der Waals surface area contributed by atoms with Gasteiger partial charge in [-0.25, -0.2) is 0 Å². The van der Waals surface area contributed by atoms with Crippen LogP contribution in [-0.4, -0.2) is 10.1 Å². The molecule has 2 saturated carbocycles. The van der Waals surface area contributed by atoms with Crippen molar-refractivity contribution in [3.8, 4) is 0 Å². The predicted molar refractivity (Wildman–Crippen MR) is 52.4 cm³/mol. The van der Waals surface area contributed by atoms with Crippen molar-refractivity contribution in [1.29, 1.82) is 0 Å². The second-order valence-electron chi connectivity index (χ2n) is 4.39. The number of carbonyl (C=O) groups excluding carboxylic acids is 1. The molecule has 2 bridgehead atoms. The highest BCUT2D eigenvalue weighted by Crippen LogP contribution is 2.49. The summed E-state index contributed by atoms with van der Waals surface area (Å²) >= 11 is 3.77. The first kappa shape index (κ1) is 8.74. The van der Waals surface area contributed by atoms with Gasteiger partial charge in [-0.3, -0.25) is 4.79 Å². The van der Waals surface area contributed by atoms with Crippen molar-refractivity contribution in [3.63, 3.8) is 0 Å². The summed E-state index contributed by atoms with van der Waals surface area (Å²) < 4.78 is 0.172. The first-order valence-corrected chi connectivity index (χ1v) is 5.63. The molecule has 68 valence electrons. The van der Waals surface area contributed by atoms with E-state index in [9.17, 15) is 4.79 Å². The monoisotopic (exact) mass is 230 g/mol. The highest BCUT2D eigenvalue weighted by molar-refractivity contribution is 9.10. The van der Waals surface area contributed by atoms with Gasteiger partial charge in [-0.1, -0.05) is 29.3 Å².